The largest absolute Gasteiger partial charge is 0.489 e. The molecule has 2 rings (SSSR count). The molecule has 1 heterocycles. The van der Waals surface area contributed by atoms with Gasteiger partial charge >= 0.3 is 7.12 Å². The van der Waals surface area contributed by atoms with E-state index in [4.69, 9.17) is 15.8 Å². The molecule has 0 amide bonds. The van der Waals surface area contributed by atoms with Crippen molar-refractivity contribution in [1.82, 2.24) is 0 Å². The third-order valence-corrected chi connectivity index (χ3v) is 3.90. The highest BCUT2D eigenvalue weighted by molar-refractivity contribution is 14.1. The van der Waals surface area contributed by atoms with Crippen molar-refractivity contribution in [3.05, 3.63) is 21.1 Å². The van der Waals surface area contributed by atoms with Crippen LogP contribution in [0.4, 0.5) is 5.69 Å². The molecule has 0 spiro atoms. The normalized spacial score (nSPS) is 10.8. The Kier molecular flexibility index (Phi) is 2.69. The summed E-state index contributed by atoms with van der Waals surface area (Å²) in [5, 5.41) is 21.0. The summed E-state index contributed by atoms with van der Waals surface area (Å²) in [4.78, 5) is 0. The summed E-state index contributed by atoms with van der Waals surface area (Å²) in [5.41, 5.74) is 7.02. The van der Waals surface area contributed by atoms with Crippen LogP contribution in [0, 0.1) is 3.57 Å². The number of nitrogen functional groups attached to an aromatic ring is 1. The lowest BCUT2D eigenvalue weighted by molar-refractivity contribution is 0.425. The second-order valence-corrected chi connectivity index (χ2v) is 5.01. The summed E-state index contributed by atoms with van der Waals surface area (Å²) in [6, 6.07) is 3.64. The molecule has 14 heavy (non-hydrogen) atoms. The van der Waals surface area contributed by atoms with E-state index in [1.54, 1.807) is 6.07 Å². The van der Waals surface area contributed by atoms with Gasteiger partial charge < -0.3 is 15.8 Å². The van der Waals surface area contributed by atoms with Gasteiger partial charge in [-0.1, -0.05) is 0 Å². The Hall–Kier alpha value is -0.305. The van der Waals surface area contributed by atoms with E-state index in [1.165, 1.54) is 11.3 Å². The van der Waals surface area contributed by atoms with Crippen molar-refractivity contribution in [2.45, 2.75) is 0 Å². The highest BCUT2D eigenvalue weighted by atomic mass is 127. The second kappa shape index (κ2) is 3.69. The summed E-state index contributed by atoms with van der Waals surface area (Å²) < 4.78 is 1.79. The lowest BCUT2D eigenvalue weighted by atomic mass is 9.80. The topological polar surface area (TPSA) is 66.5 Å². The van der Waals surface area contributed by atoms with Crippen molar-refractivity contribution in [3.63, 3.8) is 0 Å². The first-order valence-corrected chi connectivity index (χ1v) is 5.87. The fraction of sp³-hybridized carbons (Fsp3) is 0. The van der Waals surface area contributed by atoms with Gasteiger partial charge in [-0.25, -0.2) is 0 Å². The minimum Gasteiger partial charge on any atom is -0.423 e. The molecule has 6 heteroatoms. The van der Waals surface area contributed by atoms with Gasteiger partial charge in [-0.15, -0.1) is 11.3 Å². The van der Waals surface area contributed by atoms with Gasteiger partial charge in [0.1, 0.15) is 0 Å². The summed E-state index contributed by atoms with van der Waals surface area (Å²) in [6.45, 7) is 0. The van der Waals surface area contributed by atoms with E-state index in [0.29, 0.717) is 5.46 Å². The molecule has 0 aliphatic heterocycles. The molecular weight excluding hydrogens is 312 g/mol. The quantitative estimate of drug-likeness (QED) is 0.537. The number of fused-ring (bicyclic) bond motifs is 1. The van der Waals surface area contributed by atoms with Gasteiger partial charge in [0.05, 0.1) is 5.69 Å². The molecule has 0 aliphatic rings. The molecule has 0 bridgehead atoms. The number of nitrogens with two attached hydrogens (primary N) is 1. The van der Waals surface area contributed by atoms with Crippen LogP contribution >= 0.6 is 33.9 Å². The van der Waals surface area contributed by atoms with Crippen LogP contribution < -0.4 is 11.2 Å². The van der Waals surface area contributed by atoms with Crippen molar-refractivity contribution in [1.29, 1.82) is 0 Å². The first-order chi connectivity index (χ1) is 6.59. The molecule has 0 saturated carbocycles. The predicted molar refractivity (Wildman–Crippen MR) is 68.8 cm³/mol. The van der Waals surface area contributed by atoms with Crippen LogP contribution in [0.15, 0.2) is 17.5 Å². The predicted octanol–water partition coefficient (Wildman–Crippen LogP) is 0.768. The van der Waals surface area contributed by atoms with Crippen molar-refractivity contribution < 1.29 is 10.0 Å². The Labute approximate surface area is 98.8 Å². The maximum absolute atomic E-state index is 9.09. The summed E-state index contributed by atoms with van der Waals surface area (Å²) in [6.07, 6.45) is 0. The van der Waals surface area contributed by atoms with Gasteiger partial charge in [0.15, 0.2) is 0 Å². The Morgan fingerprint density at radius 1 is 1.36 bits per heavy atom. The van der Waals surface area contributed by atoms with Crippen molar-refractivity contribution in [2.24, 2.45) is 0 Å². The molecule has 0 atom stereocenters. The molecule has 72 valence electrons. The highest BCUT2D eigenvalue weighted by Crippen LogP contribution is 2.28. The molecule has 4 N–H and O–H groups in total. The lowest BCUT2D eigenvalue weighted by Crippen LogP contribution is -2.32. The van der Waals surface area contributed by atoms with Crippen molar-refractivity contribution in [3.8, 4) is 0 Å². The van der Waals surface area contributed by atoms with Gasteiger partial charge in [0, 0.05) is 19.0 Å². The summed E-state index contributed by atoms with van der Waals surface area (Å²) >= 11 is 3.57. The van der Waals surface area contributed by atoms with Gasteiger partial charge in [0.2, 0.25) is 0 Å². The number of hydrogen-bond acceptors (Lipinski definition) is 4. The summed E-state index contributed by atoms with van der Waals surface area (Å²) in [5.74, 6) is 0. The standard InChI is InChI=1S/C8H7BINO2S/c10-6-1-4-7(11)3-14-8(4)2-5(6)9(12)13/h1-3,12-13H,11H2. The minimum absolute atomic E-state index is 0.528. The maximum atomic E-state index is 9.09. The van der Waals surface area contributed by atoms with Crippen LogP contribution in [-0.4, -0.2) is 17.2 Å². The smallest absolute Gasteiger partial charge is 0.423 e. The van der Waals surface area contributed by atoms with E-state index in [2.05, 4.69) is 22.6 Å². The van der Waals surface area contributed by atoms with Crippen LogP contribution in [0.5, 0.6) is 0 Å². The van der Waals surface area contributed by atoms with Gasteiger partial charge in [-0.3, -0.25) is 0 Å². The number of halogens is 1. The molecule has 3 nitrogen and oxygen atoms in total. The first kappa shape index (κ1) is 10.2. The fourth-order valence-electron chi connectivity index (χ4n) is 1.28. The van der Waals surface area contributed by atoms with Gasteiger partial charge in [-0.2, -0.15) is 0 Å². The molecule has 0 unspecified atom stereocenters. The zero-order valence-electron chi connectivity index (χ0n) is 7.07. The Morgan fingerprint density at radius 3 is 2.71 bits per heavy atom. The molecule has 0 saturated heterocycles. The first-order valence-electron chi connectivity index (χ1n) is 3.92. The van der Waals surface area contributed by atoms with Crippen LogP contribution in [0.2, 0.25) is 0 Å². The number of benzene rings is 1. The fourth-order valence-corrected chi connectivity index (χ4v) is 2.91. The molecule has 0 aliphatic carbocycles. The van der Waals surface area contributed by atoms with E-state index in [9.17, 15) is 0 Å². The molecule has 1 aromatic carbocycles. The zero-order valence-corrected chi connectivity index (χ0v) is 10.0. The highest BCUT2D eigenvalue weighted by Gasteiger charge is 2.16. The number of anilines is 1. The van der Waals surface area contributed by atoms with Gasteiger partial charge in [-0.05, 0) is 40.2 Å². The SMILES string of the molecule is Nc1csc2cc(B(O)O)c(I)cc12. The Morgan fingerprint density at radius 2 is 2.07 bits per heavy atom. The molecule has 0 radical (unpaired) electrons. The monoisotopic (exact) mass is 319 g/mol. The summed E-state index contributed by atoms with van der Waals surface area (Å²) in [7, 11) is -1.42. The second-order valence-electron chi connectivity index (χ2n) is 2.93. The zero-order chi connectivity index (χ0) is 10.3. The van der Waals surface area contributed by atoms with Crippen molar-refractivity contribution in [2.75, 3.05) is 5.73 Å². The van der Waals surface area contributed by atoms with E-state index < -0.39 is 7.12 Å². The van der Waals surface area contributed by atoms with Crippen LogP contribution in [0.3, 0.4) is 0 Å². The molecular formula is C8H7BINO2S. The van der Waals surface area contributed by atoms with Crippen molar-refractivity contribution >= 4 is 62.3 Å². The van der Waals surface area contributed by atoms with E-state index >= 15 is 0 Å². The van der Waals surface area contributed by atoms with Gasteiger partial charge in [0.25, 0.3) is 0 Å². The Balaban J connectivity index is 2.72. The molecule has 0 fully saturated rings. The molecule has 1 aromatic heterocycles. The maximum Gasteiger partial charge on any atom is 0.489 e. The van der Waals surface area contributed by atoms with E-state index in [0.717, 1.165) is 19.3 Å². The minimum atomic E-state index is -1.42. The third kappa shape index (κ3) is 1.62. The number of hydrogen-bond donors (Lipinski definition) is 3. The molecule has 2 aromatic rings. The number of rotatable bonds is 1. The van der Waals surface area contributed by atoms with E-state index in [1.807, 2.05) is 11.4 Å². The van der Waals surface area contributed by atoms with Crippen LogP contribution in [-0.2, 0) is 0 Å². The third-order valence-electron chi connectivity index (χ3n) is 2.00. The Bertz CT molecular complexity index is 485. The number of thiophene rings is 1. The van der Waals surface area contributed by atoms with Crippen LogP contribution in [0.1, 0.15) is 0 Å². The average molecular weight is 319 g/mol. The lowest BCUT2D eigenvalue weighted by Gasteiger charge is -2.03. The van der Waals surface area contributed by atoms with Crippen LogP contribution in [0.25, 0.3) is 10.1 Å². The average Bonchev–Trinajstić information content (AvgIpc) is 2.46. The van der Waals surface area contributed by atoms with E-state index in [-0.39, 0.29) is 0 Å².